The van der Waals surface area contributed by atoms with Gasteiger partial charge in [0.15, 0.2) is 5.43 Å². The van der Waals surface area contributed by atoms with Crippen LogP contribution in [0.4, 0.5) is 8.78 Å². The molecule has 0 atom stereocenters. The molecule has 0 aliphatic heterocycles. The highest BCUT2D eigenvalue weighted by Gasteiger charge is 2.17. The van der Waals surface area contributed by atoms with Crippen LogP contribution in [0.15, 0.2) is 41.2 Å². The largest absolute Gasteiger partial charge is 0.347 e. The summed E-state index contributed by atoms with van der Waals surface area (Å²) in [7, 11) is 1.79. The molecule has 1 aromatic heterocycles. The van der Waals surface area contributed by atoms with Gasteiger partial charge < -0.3 is 4.57 Å². The lowest BCUT2D eigenvalue weighted by molar-refractivity contribution is 0.585. The van der Waals surface area contributed by atoms with Gasteiger partial charge in [0.2, 0.25) is 0 Å². The molecule has 2 nitrogen and oxygen atoms in total. The molecule has 0 saturated heterocycles. The number of halogens is 3. The van der Waals surface area contributed by atoms with E-state index in [9.17, 15) is 13.6 Å². The molecule has 0 aliphatic rings. The fourth-order valence-corrected chi connectivity index (χ4v) is 2.81. The quantitative estimate of drug-likeness (QED) is 0.649. The smallest absolute Gasteiger partial charge is 0.197 e. The molecule has 3 rings (SSSR count). The molecule has 1 heterocycles. The fourth-order valence-electron chi connectivity index (χ4n) is 2.64. The number of aromatic nitrogens is 1. The minimum Gasteiger partial charge on any atom is -0.347 e. The van der Waals surface area contributed by atoms with E-state index < -0.39 is 11.6 Å². The monoisotopic (exact) mass is 319 g/mol. The second kappa shape index (κ2) is 5.21. The van der Waals surface area contributed by atoms with Gasteiger partial charge in [-0.2, -0.15) is 0 Å². The average Bonchev–Trinajstić information content (AvgIpc) is 2.47. The van der Waals surface area contributed by atoms with E-state index in [4.69, 9.17) is 11.6 Å². The third-order valence-electron chi connectivity index (χ3n) is 3.86. The Morgan fingerprint density at radius 3 is 2.50 bits per heavy atom. The summed E-state index contributed by atoms with van der Waals surface area (Å²) < 4.78 is 29.0. The lowest BCUT2D eigenvalue weighted by atomic mass is 10.00. The van der Waals surface area contributed by atoms with E-state index in [0.717, 1.165) is 12.1 Å². The number of rotatable bonds is 1. The molecule has 22 heavy (non-hydrogen) atoms. The van der Waals surface area contributed by atoms with Gasteiger partial charge in [-0.15, -0.1) is 0 Å². The minimum absolute atomic E-state index is 0.0846. The van der Waals surface area contributed by atoms with E-state index in [1.54, 1.807) is 36.7 Å². The van der Waals surface area contributed by atoms with Gasteiger partial charge >= 0.3 is 0 Å². The van der Waals surface area contributed by atoms with Crippen LogP contribution in [-0.2, 0) is 7.05 Å². The molecule has 0 aliphatic carbocycles. The Kier molecular flexibility index (Phi) is 3.49. The summed E-state index contributed by atoms with van der Waals surface area (Å²) in [5.74, 6) is -1.44. The van der Waals surface area contributed by atoms with Gasteiger partial charge in [-0.3, -0.25) is 4.79 Å². The molecule has 0 N–H and O–H groups in total. The number of benzene rings is 2. The van der Waals surface area contributed by atoms with E-state index in [1.807, 2.05) is 0 Å². The predicted octanol–water partition coefficient (Wildman–Crippen LogP) is 4.45. The van der Waals surface area contributed by atoms with E-state index in [0.29, 0.717) is 21.6 Å². The van der Waals surface area contributed by atoms with Gasteiger partial charge in [0.05, 0.1) is 11.1 Å². The summed E-state index contributed by atoms with van der Waals surface area (Å²) in [4.78, 5) is 12.8. The lowest BCUT2D eigenvalue weighted by Gasteiger charge is -2.15. The van der Waals surface area contributed by atoms with Gasteiger partial charge in [-0.1, -0.05) is 11.6 Å². The van der Waals surface area contributed by atoms with Crippen LogP contribution in [0.3, 0.4) is 0 Å². The van der Waals surface area contributed by atoms with Crippen molar-refractivity contribution in [3.05, 3.63) is 69.0 Å². The number of hydrogen-bond acceptors (Lipinski definition) is 1. The molecule has 0 spiro atoms. The van der Waals surface area contributed by atoms with Crippen molar-refractivity contribution in [1.82, 2.24) is 4.57 Å². The Hall–Kier alpha value is -2.20. The first kappa shape index (κ1) is 14.7. The summed E-state index contributed by atoms with van der Waals surface area (Å²) in [6, 6.07) is 8.20. The van der Waals surface area contributed by atoms with Gasteiger partial charge in [-0.05, 0) is 37.3 Å². The van der Waals surface area contributed by atoms with Crippen LogP contribution < -0.4 is 5.43 Å². The van der Waals surface area contributed by atoms with E-state index in [2.05, 4.69) is 0 Å². The van der Waals surface area contributed by atoms with Crippen LogP contribution in [0.2, 0.25) is 5.02 Å². The SMILES string of the molecule is Cc1c(-c2ccc(F)cc2F)c(=O)c2cc(Cl)ccc2n1C. The topological polar surface area (TPSA) is 22.0 Å². The van der Waals surface area contributed by atoms with Crippen LogP contribution in [0.5, 0.6) is 0 Å². The van der Waals surface area contributed by atoms with Crippen molar-refractivity contribution < 1.29 is 8.78 Å². The summed E-state index contributed by atoms with van der Waals surface area (Å²) in [6.45, 7) is 1.73. The van der Waals surface area contributed by atoms with Gasteiger partial charge in [-0.25, -0.2) is 8.78 Å². The standard InChI is InChI=1S/C17H12ClF2NO/c1-9-16(12-5-4-11(19)8-14(12)20)17(22)13-7-10(18)3-6-15(13)21(9)2/h3-8H,1-2H3. The third-order valence-corrected chi connectivity index (χ3v) is 4.09. The highest BCUT2D eigenvalue weighted by molar-refractivity contribution is 6.31. The zero-order valence-electron chi connectivity index (χ0n) is 12.0. The van der Waals surface area contributed by atoms with Gasteiger partial charge in [0, 0.05) is 34.8 Å². The van der Waals surface area contributed by atoms with Crippen molar-refractivity contribution in [1.29, 1.82) is 0 Å². The molecule has 0 saturated carbocycles. The molecule has 0 bridgehead atoms. The Bertz CT molecular complexity index is 963. The van der Waals surface area contributed by atoms with Crippen molar-refractivity contribution in [2.24, 2.45) is 7.05 Å². The first-order valence-corrected chi connectivity index (χ1v) is 7.02. The molecule has 0 unspecified atom stereocenters. The molecule has 3 aromatic rings. The van der Waals surface area contributed by atoms with E-state index in [-0.39, 0.29) is 16.6 Å². The zero-order chi connectivity index (χ0) is 16.0. The fraction of sp³-hybridized carbons (Fsp3) is 0.118. The molecular weight excluding hydrogens is 308 g/mol. The van der Waals surface area contributed by atoms with Crippen molar-refractivity contribution in [3.63, 3.8) is 0 Å². The van der Waals surface area contributed by atoms with Crippen LogP contribution in [0, 0.1) is 18.6 Å². The van der Waals surface area contributed by atoms with Gasteiger partial charge in [0.1, 0.15) is 11.6 Å². The maximum Gasteiger partial charge on any atom is 0.197 e. The Balaban J connectivity index is 2.47. The second-order valence-corrected chi connectivity index (χ2v) is 5.57. The Labute approximate surface area is 130 Å². The number of fused-ring (bicyclic) bond motifs is 1. The van der Waals surface area contributed by atoms with E-state index >= 15 is 0 Å². The van der Waals surface area contributed by atoms with Crippen molar-refractivity contribution in [3.8, 4) is 11.1 Å². The lowest BCUT2D eigenvalue weighted by Crippen LogP contribution is -2.15. The Morgan fingerprint density at radius 2 is 1.82 bits per heavy atom. The third kappa shape index (κ3) is 2.20. The number of nitrogens with zero attached hydrogens (tertiary/aromatic N) is 1. The minimum atomic E-state index is -0.762. The Morgan fingerprint density at radius 1 is 1.09 bits per heavy atom. The molecule has 0 radical (unpaired) electrons. The summed E-state index contributed by atoms with van der Waals surface area (Å²) in [6.07, 6.45) is 0. The van der Waals surface area contributed by atoms with E-state index in [1.165, 1.54) is 6.07 Å². The predicted molar refractivity (Wildman–Crippen MR) is 84.3 cm³/mol. The molecular formula is C17H12ClF2NO. The average molecular weight is 320 g/mol. The molecule has 112 valence electrons. The van der Waals surface area contributed by atoms with Crippen LogP contribution >= 0.6 is 11.6 Å². The molecule has 0 amide bonds. The van der Waals surface area contributed by atoms with Crippen molar-refractivity contribution in [2.45, 2.75) is 6.92 Å². The first-order chi connectivity index (χ1) is 10.4. The van der Waals surface area contributed by atoms with Crippen LogP contribution in [0.1, 0.15) is 5.69 Å². The highest BCUT2D eigenvalue weighted by Crippen LogP contribution is 2.27. The first-order valence-electron chi connectivity index (χ1n) is 6.64. The second-order valence-electron chi connectivity index (χ2n) is 5.13. The van der Waals surface area contributed by atoms with Crippen molar-refractivity contribution >= 4 is 22.5 Å². The van der Waals surface area contributed by atoms with Crippen LogP contribution in [-0.4, -0.2) is 4.57 Å². The maximum atomic E-state index is 14.1. The summed E-state index contributed by atoms with van der Waals surface area (Å²) >= 11 is 5.96. The summed E-state index contributed by atoms with van der Waals surface area (Å²) in [5, 5.41) is 0.832. The molecule has 5 heteroatoms. The van der Waals surface area contributed by atoms with Gasteiger partial charge in [0.25, 0.3) is 0 Å². The normalized spacial score (nSPS) is 11.1. The number of aryl methyl sites for hydroxylation is 1. The summed E-state index contributed by atoms with van der Waals surface area (Å²) in [5.41, 5.74) is 1.29. The van der Waals surface area contributed by atoms with Crippen molar-refractivity contribution in [2.75, 3.05) is 0 Å². The zero-order valence-corrected chi connectivity index (χ0v) is 12.7. The molecule has 2 aromatic carbocycles. The molecule has 0 fully saturated rings. The number of pyridine rings is 1. The highest BCUT2D eigenvalue weighted by atomic mass is 35.5. The van der Waals surface area contributed by atoms with Crippen LogP contribution in [0.25, 0.3) is 22.0 Å². The number of hydrogen-bond donors (Lipinski definition) is 0. The maximum absolute atomic E-state index is 14.1.